The minimum absolute atomic E-state index is 0.0867. The predicted octanol–water partition coefficient (Wildman–Crippen LogP) is 2.57. The molecule has 0 fully saturated rings. The number of hydrogen-bond donors (Lipinski definition) is 0. The zero-order valence-electron chi connectivity index (χ0n) is 9.25. The van der Waals surface area contributed by atoms with Crippen molar-refractivity contribution < 1.29 is 9.53 Å². The zero-order chi connectivity index (χ0) is 11.0. The van der Waals surface area contributed by atoms with E-state index >= 15 is 0 Å². The lowest BCUT2D eigenvalue weighted by molar-refractivity contribution is -0.137. The van der Waals surface area contributed by atoms with Crippen molar-refractivity contribution in [3.05, 3.63) is 12.3 Å². The van der Waals surface area contributed by atoms with Gasteiger partial charge in [0.25, 0.3) is 0 Å². The summed E-state index contributed by atoms with van der Waals surface area (Å²) in [6.45, 7) is 9.41. The van der Waals surface area contributed by atoms with E-state index < -0.39 is 0 Å². The molecule has 14 heavy (non-hydrogen) atoms. The fraction of sp³-hybridized carbons (Fsp3) is 0.636. The highest BCUT2D eigenvalue weighted by molar-refractivity contribution is 5.75. The van der Waals surface area contributed by atoms with Gasteiger partial charge in [-0.1, -0.05) is 20.4 Å². The summed E-state index contributed by atoms with van der Waals surface area (Å²) < 4.78 is 4.75. The SMILES string of the molecule is C=C(C)OC(=O)CN=CC(CC)CC. The molecule has 0 spiro atoms. The average Bonchev–Trinajstić information content (AvgIpc) is 2.11. The summed E-state index contributed by atoms with van der Waals surface area (Å²) in [4.78, 5) is 15.0. The molecule has 0 saturated carbocycles. The van der Waals surface area contributed by atoms with Crippen LogP contribution in [-0.4, -0.2) is 18.7 Å². The zero-order valence-corrected chi connectivity index (χ0v) is 9.25. The van der Waals surface area contributed by atoms with Gasteiger partial charge in [-0.3, -0.25) is 4.99 Å². The number of allylic oxidation sites excluding steroid dienone is 1. The molecule has 0 amide bonds. The van der Waals surface area contributed by atoms with Crippen LogP contribution in [0.25, 0.3) is 0 Å². The van der Waals surface area contributed by atoms with Crippen LogP contribution in [0, 0.1) is 5.92 Å². The van der Waals surface area contributed by atoms with Crippen molar-refractivity contribution in [3.63, 3.8) is 0 Å². The van der Waals surface area contributed by atoms with Crippen LogP contribution < -0.4 is 0 Å². The number of carbonyl (C=O) groups is 1. The monoisotopic (exact) mass is 197 g/mol. The molecule has 0 aliphatic rings. The molecule has 0 rings (SSSR count). The van der Waals surface area contributed by atoms with Gasteiger partial charge in [0, 0.05) is 6.21 Å². The summed E-state index contributed by atoms with van der Waals surface area (Å²) in [5, 5.41) is 0. The van der Waals surface area contributed by atoms with Crippen molar-refractivity contribution >= 4 is 12.2 Å². The van der Waals surface area contributed by atoms with Crippen LogP contribution in [0.2, 0.25) is 0 Å². The Bertz CT molecular complexity index is 217. The number of ether oxygens (including phenoxy) is 1. The quantitative estimate of drug-likeness (QED) is 0.373. The first kappa shape index (κ1) is 12.9. The van der Waals surface area contributed by atoms with E-state index in [0.29, 0.717) is 11.7 Å². The molecule has 0 aromatic carbocycles. The molecule has 0 N–H and O–H groups in total. The van der Waals surface area contributed by atoms with E-state index in [1.54, 1.807) is 6.92 Å². The van der Waals surface area contributed by atoms with E-state index in [9.17, 15) is 4.79 Å². The maximum absolute atomic E-state index is 11.0. The third-order valence-corrected chi connectivity index (χ3v) is 1.87. The van der Waals surface area contributed by atoms with Gasteiger partial charge in [0.15, 0.2) is 0 Å². The fourth-order valence-corrected chi connectivity index (χ4v) is 1.00. The lowest BCUT2D eigenvalue weighted by Crippen LogP contribution is -2.07. The van der Waals surface area contributed by atoms with E-state index in [-0.39, 0.29) is 12.5 Å². The van der Waals surface area contributed by atoms with Crippen molar-refractivity contribution in [3.8, 4) is 0 Å². The summed E-state index contributed by atoms with van der Waals surface area (Å²) in [6, 6.07) is 0. The van der Waals surface area contributed by atoms with Crippen molar-refractivity contribution in [2.24, 2.45) is 10.9 Å². The molecule has 0 bridgehead atoms. The van der Waals surface area contributed by atoms with Crippen LogP contribution >= 0.6 is 0 Å². The van der Waals surface area contributed by atoms with Gasteiger partial charge in [-0.2, -0.15) is 0 Å². The first-order valence-electron chi connectivity index (χ1n) is 4.96. The van der Waals surface area contributed by atoms with E-state index in [1.165, 1.54) is 0 Å². The molecular weight excluding hydrogens is 178 g/mol. The number of nitrogens with zero attached hydrogens (tertiary/aromatic N) is 1. The van der Waals surface area contributed by atoms with Crippen LogP contribution in [0.15, 0.2) is 17.3 Å². The van der Waals surface area contributed by atoms with Crippen LogP contribution in [0.3, 0.4) is 0 Å². The highest BCUT2D eigenvalue weighted by Crippen LogP contribution is 2.03. The van der Waals surface area contributed by atoms with E-state index in [0.717, 1.165) is 12.8 Å². The maximum Gasteiger partial charge on any atom is 0.332 e. The van der Waals surface area contributed by atoms with Crippen LogP contribution in [-0.2, 0) is 9.53 Å². The molecule has 0 heterocycles. The first-order chi connectivity index (χ1) is 6.60. The Morgan fingerprint density at radius 3 is 2.50 bits per heavy atom. The Kier molecular flexibility index (Phi) is 6.72. The van der Waals surface area contributed by atoms with Gasteiger partial charge in [0.2, 0.25) is 0 Å². The topological polar surface area (TPSA) is 38.7 Å². The van der Waals surface area contributed by atoms with Gasteiger partial charge in [-0.15, -0.1) is 0 Å². The predicted molar refractivity (Wildman–Crippen MR) is 58.3 cm³/mol. The van der Waals surface area contributed by atoms with Gasteiger partial charge in [0.05, 0.1) is 5.76 Å². The molecule has 0 aromatic heterocycles. The highest BCUT2D eigenvalue weighted by atomic mass is 16.5. The molecule has 3 nitrogen and oxygen atoms in total. The largest absolute Gasteiger partial charge is 0.431 e. The fourth-order valence-electron chi connectivity index (χ4n) is 1.00. The summed E-state index contributed by atoms with van der Waals surface area (Å²) in [5.41, 5.74) is 0. The average molecular weight is 197 g/mol. The van der Waals surface area contributed by atoms with Gasteiger partial charge < -0.3 is 4.74 Å². The third-order valence-electron chi connectivity index (χ3n) is 1.87. The lowest BCUT2D eigenvalue weighted by atomic mass is 10.1. The van der Waals surface area contributed by atoms with E-state index in [4.69, 9.17) is 4.74 Å². The summed E-state index contributed by atoms with van der Waals surface area (Å²) in [7, 11) is 0. The third kappa shape index (κ3) is 6.40. The second-order valence-electron chi connectivity index (χ2n) is 3.24. The maximum atomic E-state index is 11.0. The summed E-state index contributed by atoms with van der Waals surface area (Å²) in [6.07, 6.45) is 3.94. The Morgan fingerprint density at radius 2 is 2.07 bits per heavy atom. The number of hydrogen-bond acceptors (Lipinski definition) is 3. The van der Waals surface area contributed by atoms with Gasteiger partial charge in [0.1, 0.15) is 6.54 Å². The standard InChI is InChI=1S/C11H19NO2/c1-5-10(6-2)7-12-8-11(13)14-9(3)4/h7,10H,3,5-6,8H2,1-2,4H3. The van der Waals surface area contributed by atoms with Crippen molar-refractivity contribution in [1.82, 2.24) is 0 Å². The Morgan fingerprint density at radius 1 is 1.50 bits per heavy atom. The smallest absolute Gasteiger partial charge is 0.332 e. The molecule has 0 aromatic rings. The highest BCUT2D eigenvalue weighted by Gasteiger charge is 2.02. The van der Waals surface area contributed by atoms with Gasteiger partial charge in [-0.05, 0) is 25.7 Å². The summed E-state index contributed by atoms with van der Waals surface area (Å²) in [5.74, 6) is 0.528. The van der Waals surface area contributed by atoms with Crippen LogP contribution in [0.5, 0.6) is 0 Å². The van der Waals surface area contributed by atoms with E-state index in [2.05, 4.69) is 25.4 Å². The van der Waals surface area contributed by atoms with E-state index in [1.807, 2.05) is 6.21 Å². The first-order valence-corrected chi connectivity index (χ1v) is 4.96. The molecule has 0 saturated heterocycles. The van der Waals surface area contributed by atoms with Crippen LogP contribution in [0.1, 0.15) is 33.6 Å². The normalized spacial score (nSPS) is 10.9. The minimum Gasteiger partial charge on any atom is -0.431 e. The number of esters is 1. The molecule has 0 aliphatic heterocycles. The molecular formula is C11H19NO2. The van der Waals surface area contributed by atoms with Crippen molar-refractivity contribution in [2.75, 3.05) is 6.54 Å². The van der Waals surface area contributed by atoms with Crippen molar-refractivity contribution in [2.45, 2.75) is 33.6 Å². The molecule has 0 atom stereocenters. The van der Waals surface area contributed by atoms with Crippen molar-refractivity contribution in [1.29, 1.82) is 0 Å². The minimum atomic E-state index is -0.347. The number of rotatable bonds is 6. The van der Waals surface area contributed by atoms with Crippen LogP contribution in [0.4, 0.5) is 0 Å². The molecule has 0 unspecified atom stereocenters. The number of carbonyl (C=O) groups excluding carboxylic acids is 1. The molecule has 80 valence electrons. The second-order valence-corrected chi connectivity index (χ2v) is 3.24. The summed E-state index contributed by atoms with van der Waals surface area (Å²) >= 11 is 0. The second kappa shape index (κ2) is 7.30. The van der Waals surface area contributed by atoms with Gasteiger partial charge >= 0.3 is 5.97 Å². The molecule has 0 aliphatic carbocycles. The molecule has 3 heteroatoms. The van der Waals surface area contributed by atoms with Gasteiger partial charge in [-0.25, -0.2) is 4.79 Å². The Hall–Kier alpha value is -1.12. The lowest BCUT2D eigenvalue weighted by Gasteiger charge is -2.04. The Balaban J connectivity index is 3.80. The number of aliphatic imine (C=N–C) groups is 1. The molecule has 0 radical (unpaired) electrons. The Labute approximate surface area is 85.9 Å².